The van der Waals surface area contributed by atoms with Crippen LogP contribution in [0.25, 0.3) is 33.5 Å². The highest BCUT2D eigenvalue weighted by atomic mass is 35.5. The molecule has 4 aromatic rings. The summed E-state index contributed by atoms with van der Waals surface area (Å²) in [5.74, 6) is 0. The molecule has 1 saturated heterocycles. The zero-order valence-corrected chi connectivity index (χ0v) is 16.3. The predicted octanol–water partition coefficient (Wildman–Crippen LogP) is 3.80. The second-order valence-electron chi connectivity index (χ2n) is 7.26. The van der Waals surface area contributed by atoms with Crippen LogP contribution in [-0.2, 0) is 0 Å². The standard InChI is InChI=1S/C20H20ClN7/c1-27-6-3-14(4-7-27)28-11-16(18-2-5-22-12-25-18)19(26-28)13-8-15-17(21)10-24-20(15)23-9-13/h2,5,8-12,14H,3-4,6-7H2,1H3,(H,23,24). The van der Waals surface area contributed by atoms with E-state index in [0.717, 1.165) is 59.5 Å². The van der Waals surface area contributed by atoms with Gasteiger partial charge in [0, 0.05) is 41.3 Å². The van der Waals surface area contributed by atoms with Gasteiger partial charge in [-0.1, -0.05) is 11.6 Å². The molecule has 0 amide bonds. The molecular weight excluding hydrogens is 374 g/mol. The van der Waals surface area contributed by atoms with Crippen molar-refractivity contribution in [2.75, 3.05) is 20.1 Å². The molecule has 1 aliphatic rings. The van der Waals surface area contributed by atoms with Crippen molar-refractivity contribution in [1.29, 1.82) is 0 Å². The highest BCUT2D eigenvalue weighted by Crippen LogP contribution is 2.34. The Morgan fingerprint density at radius 1 is 1.21 bits per heavy atom. The Balaban J connectivity index is 1.63. The van der Waals surface area contributed by atoms with Crippen molar-refractivity contribution in [3.8, 4) is 22.5 Å². The van der Waals surface area contributed by atoms with E-state index in [1.54, 1.807) is 18.7 Å². The van der Waals surface area contributed by atoms with Crippen LogP contribution in [0.3, 0.4) is 0 Å². The summed E-state index contributed by atoms with van der Waals surface area (Å²) in [5, 5.41) is 6.52. The van der Waals surface area contributed by atoms with Crippen LogP contribution in [0.1, 0.15) is 18.9 Å². The highest BCUT2D eigenvalue weighted by molar-refractivity contribution is 6.35. The van der Waals surface area contributed by atoms with E-state index in [9.17, 15) is 0 Å². The summed E-state index contributed by atoms with van der Waals surface area (Å²) >= 11 is 6.31. The van der Waals surface area contributed by atoms with Crippen LogP contribution >= 0.6 is 11.6 Å². The van der Waals surface area contributed by atoms with Crippen molar-refractivity contribution < 1.29 is 0 Å². The Morgan fingerprint density at radius 2 is 2.07 bits per heavy atom. The van der Waals surface area contributed by atoms with Gasteiger partial charge in [0.2, 0.25) is 0 Å². The number of aromatic amines is 1. The number of H-pyrrole nitrogens is 1. The lowest BCUT2D eigenvalue weighted by atomic mass is 10.1. The molecule has 1 N–H and O–H groups in total. The van der Waals surface area contributed by atoms with Crippen LogP contribution in [0.5, 0.6) is 0 Å². The average molecular weight is 394 g/mol. The lowest BCUT2D eigenvalue weighted by Crippen LogP contribution is -2.31. The summed E-state index contributed by atoms with van der Waals surface area (Å²) in [6.07, 6.45) is 11.2. The molecule has 8 heteroatoms. The van der Waals surface area contributed by atoms with E-state index in [2.05, 4.69) is 42.8 Å². The molecule has 0 atom stereocenters. The van der Waals surface area contributed by atoms with E-state index in [1.807, 2.05) is 18.3 Å². The van der Waals surface area contributed by atoms with E-state index < -0.39 is 0 Å². The van der Waals surface area contributed by atoms with E-state index >= 15 is 0 Å². The van der Waals surface area contributed by atoms with Crippen LogP contribution in [0.4, 0.5) is 0 Å². The second-order valence-corrected chi connectivity index (χ2v) is 7.66. The molecule has 1 aliphatic heterocycles. The largest absolute Gasteiger partial charge is 0.345 e. The van der Waals surface area contributed by atoms with Gasteiger partial charge in [-0.2, -0.15) is 5.10 Å². The molecule has 5 rings (SSSR count). The number of halogens is 1. The molecule has 142 valence electrons. The topological polar surface area (TPSA) is 75.5 Å². The van der Waals surface area contributed by atoms with Crippen molar-refractivity contribution in [1.82, 2.24) is 34.6 Å². The predicted molar refractivity (Wildman–Crippen MR) is 109 cm³/mol. The molecule has 0 spiro atoms. The van der Waals surface area contributed by atoms with Gasteiger partial charge in [-0.05, 0) is 45.1 Å². The lowest BCUT2D eigenvalue weighted by Gasteiger charge is -2.29. The van der Waals surface area contributed by atoms with Gasteiger partial charge < -0.3 is 9.88 Å². The fraction of sp³-hybridized carbons (Fsp3) is 0.300. The van der Waals surface area contributed by atoms with Crippen molar-refractivity contribution in [2.45, 2.75) is 18.9 Å². The van der Waals surface area contributed by atoms with Gasteiger partial charge in [-0.15, -0.1) is 0 Å². The van der Waals surface area contributed by atoms with E-state index in [1.165, 1.54) is 0 Å². The third kappa shape index (κ3) is 3.06. The molecule has 0 aromatic carbocycles. The Labute approximate surface area is 167 Å². The number of fused-ring (bicyclic) bond motifs is 1. The number of rotatable bonds is 3. The van der Waals surface area contributed by atoms with E-state index in [4.69, 9.17) is 16.7 Å². The molecule has 28 heavy (non-hydrogen) atoms. The van der Waals surface area contributed by atoms with Crippen LogP contribution in [0, 0.1) is 0 Å². The van der Waals surface area contributed by atoms with Crippen LogP contribution < -0.4 is 0 Å². The number of nitrogens with one attached hydrogen (secondary N) is 1. The van der Waals surface area contributed by atoms with Gasteiger partial charge in [0.05, 0.1) is 16.8 Å². The third-order valence-electron chi connectivity index (χ3n) is 5.41. The first kappa shape index (κ1) is 17.3. The van der Waals surface area contributed by atoms with E-state index in [0.29, 0.717) is 11.1 Å². The SMILES string of the molecule is CN1CCC(n2cc(-c3ccncn3)c(-c3cnc4[nH]cc(Cl)c4c3)n2)CC1. The summed E-state index contributed by atoms with van der Waals surface area (Å²) in [6.45, 7) is 2.16. The molecule has 0 aliphatic carbocycles. The molecule has 0 radical (unpaired) electrons. The fourth-order valence-corrected chi connectivity index (χ4v) is 3.99. The first-order chi connectivity index (χ1) is 13.7. The zero-order chi connectivity index (χ0) is 19.1. The van der Waals surface area contributed by atoms with Crippen LogP contribution in [0.15, 0.2) is 43.2 Å². The van der Waals surface area contributed by atoms with Crippen molar-refractivity contribution in [2.24, 2.45) is 0 Å². The number of nitrogens with zero attached hydrogens (tertiary/aromatic N) is 6. The molecular formula is C20H20ClN7. The molecule has 4 aromatic heterocycles. The zero-order valence-electron chi connectivity index (χ0n) is 15.5. The summed E-state index contributed by atoms with van der Waals surface area (Å²) in [5.41, 5.74) is 4.39. The summed E-state index contributed by atoms with van der Waals surface area (Å²) in [4.78, 5) is 18.5. The minimum absolute atomic E-state index is 0.387. The summed E-state index contributed by atoms with van der Waals surface area (Å²) in [6, 6.07) is 4.33. The number of aromatic nitrogens is 6. The number of likely N-dealkylation sites (tertiary alicyclic amines) is 1. The Bertz CT molecular complexity index is 1110. The minimum atomic E-state index is 0.387. The van der Waals surface area contributed by atoms with Crippen LogP contribution in [0.2, 0.25) is 5.02 Å². The monoisotopic (exact) mass is 393 g/mol. The van der Waals surface area contributed by atoms with E-state index in [-0.39, 0.29) is 0 Å². The van der Waals surface area contributed by atoms with Crippen LogP contribution in [-0.4, -0.2) is 54.8 Å². The smallest absolute Gasteiger partial charge is 0.138 e. The normalized spacial score (nSPS) is 16.1. The van der Waals surface area contributed by atoms with Gasteiger partial charge in [-0.3, -0.25) is 4.68 Å². The Morgan fingerprint density at radius 3 is 2.86 bits per heavy atom. The van der Waals surface area contributed by atoms with Gasteiger partial charge >= 0.3 is 0 Å². The average Bonchev–Trinajstić information content (AvgIpc) is 3.33. The molecule has 0 unspecified atom stereocenters. The first-order valence-corrected chi connectivity index (χ1v) is 9.74. The molecule has 7 nitrogen and oxygen atoms in total. The number of hydrogen-bond acceptors (Lipinski definition) is 5. The Hall–Kier alpha value is -2.77. The third-order valence-corrected chi connectivity index (χ3v) is 5.72. The van der Waals surface area contributed by atoms with Gasteiger partial charge in [0.25, 0.3) is 0 Å². The summed E-state index contributed by atoms with van der Waals surface area (Å²) in [7, 11) is 2.17. The van der Waals surface area contributed by atoms with Crippen molar-refractivity contribution >= 4 is 22.6 Å². The number of pyridine rings is 1. The maximum absolute atomic E-state index is 6.31. The minimum Gasteiger partial charge on any atom is -0.345 e. The summed E-state index contributed by atoms with van der Waals surface area (Å²) < 4.78 is 2.10. The molecule has 5 heterocycles. The molecule has 0 saturated carbocycles. The quantitative estimate of drug-likeness (QED) is 0.573. The second kappa shape index (κ2) is 7.00. The highest BCUT2D eigenvalue weighted by Gasteiger charge is 2.23. The first-order valence-electron chi connectivity index (χ1n) is 9.36. The van der Waals surface area contributed by atoms with Crippen molar-refractivity contribution in [3.05, 3.63) is 48.3 Å². The Kier molecular flexibility index (Phi) is 4.33. The molecule has 0 bridgehead atoms. The number of piperidine rings is 1. The van der Waals surface area contributed by atoms with Gasteiger partial charge in [0.15, 0.2) is 0 Å². The van der Waals surface area contributed by atoms with Crippen molar-refractivity contribution in [3.63, 3.8) is 0 Å². The maximum Gasteiger partial charge on any atom is 0.138 e. The van der Waals surface area contributed by atoms with Gasteiger partial charge in [0.1, 0.15) is 17.7 Å². The molecule has 1 fully saturated rings. The lowest BCUT2D eigenvalue weighted by molar-refractivity contribution is 0.212. The number of hydrogen-bond donors (Lipinski definition) is 1. The fourth-order valence-electron chi connectivity index (χ4n) is 3.79. The maximum atomic E-state index is 6.31. The van der Waals surface area contributed by atoms with Gasteiger partial charge in [-0.25, -0.2) is 15.0 Å².